The van der Waals surface area contributed by atoms with E-state index in [2.05, 4.69) is 5.10 Å². The second-order valence-electron chi connectivity index (χ2n) is 3.72. The SMILES string of the molecule is COCCn1ncc(Cl)c1C(=O)CN(C)C. The van der Waals surface area contributed by atoms with Crippen LogP contribution in [0.15, 0.2) is 6.20 Å². The van der Waals surface area contributed by atoms with E-state index in [1.807, 2.05) is 14.1 Å². The Balaban J connectivity index is 2.84. The van der Waals surface area contributed by atoms with Crippen LogP contribution in [0.5, 0.6) is 0 Å². The van der Waals surface area contributed by atoms with E-state index in [-0.39, 0.29) is 5.78 Å². The van der Waals surface area contributed by atoms with Gasteiger partial charge in [0.25, 0.3) is 0 Å². The zero-order chi connectivity index (χ0) is 12.1. The monoisotopic (exact) mass is 245 g/mol. The summed E-state index contributed by atoms with van der Waals surface area (Å²) in [6, 6.07) is 0. The Labute approximate surface area is 99.9 Å². The highest BCUT2D eigenvalue weighted by atomic mass is 35.5. The second-order valence-corrected chi connectivity index (χ2v) is 4.13. The van der Waals surface area contributed by atoms with E-state index >= 15 is 0 Å². The molecule has 0 atom stereocenters. The number of halogens is 1. The Morgan fingerprint density at radius 3 is 2.88 bits per heavy atom. The lowest BCUT2D eigenvalue weighted by atomic mass is 10.2. The first kappa shape index (κ1) is 13.2. The van der Waals surface area contributed by atoms with Crippen molar-refractivity contribution in [1.82, 2.24) is 14.7 Å². The average Bonchev–Trinajstić information content (AvgIpc) is 2.55. The summed E-state index contributed by atoms with van der Waals surface area (Å²) in [5.41, 5.74) is 0.451. The highest BCUT2D eigenvalue weighted by Gasteiger charge is 2.17. The van der Waals surface area contributed by atoms with Crippen molar-refractivity contribution in [2.45, 2.75) is 6.54 Å². The number of rotatable bonds is 6. The molecule has 0 saturated carbocycles. The van der Waals surface area contributed by atoms with Gasteiger partial charge in [0, 0.05) is 7.11 Å². The van der Waals surface area contributed by atoms with Crippen LogP contribution in [0.2, 0.25) is 5.02 Å². The van der Waals surface area contributed by atoms with Gasteiger partial charge in [0.2, 0.25) is 0 Å². The maximum Gasteiger partial charge on any atom is 0.196 e. The third-order valence-electron chi connectivity index (χ3n) is 2.03. The van der Waals surface area contributed by atoms with E-state index in [1.165, 1.54) is 6.20 Å². The van der Waals surface area contributed by atoms with Crippen LogP contribution in [-0.2, 0) is 11.3 Å². The summed E-state index contributed by atoms with van der Waals surface area (Å²) < 4.78 is 6.53. The van der Waals surface area contributed by atoms with Gasteiger partial charge in [0.05, 0.1) is 30.9 Å². The topological polar surface area (TPSA) is 47.4 Å². The molecule has 1 heterocycles. The van der Waals surface area contributed by atoms with Crippen LogP contribution in [0.1, 0.15) is 10.5 Å². The zero-order valence-electron chi connectivity index (χ0n) is 9.73. The molecule has 0 aliphatic heterocycles. The first-order chi connectivity index (χ1) is 7.56. The number of Topliss-reactive ketones (excluding diaryl/α,β-unsaturated/α-hetero) is 1. The van der Waals surface area contributed by atoms with Crippen molar-refractivity contribution in [3.8, 4) is 0 Å². The number of carbonyl (C=O) groups excluding carboxylic acids is 1. The van der Waals surface area contributed by atoms with E-state index in [9.17, 15) is 4.79 Å². The minimum Gasteiger partial charge on any atom is -0.383 e. The van der Waals surface area contributed by atoms with Gasteiger partial charge in [-0.05, 0) is 14.1 Å². The molecule has 0 spiro atoms. The van der Waals surface area contributed by atoms with E-state index in [1.54, 1.807) is 16.7 Å². The number of nitrogens with zero attached hydrogens (tertiary/aromatic N) is 3. The van der Waals surface area contributed by atoms with Gasteiger partial charge in [-0.3, -0.25) is 9.48 Å². The van der Waals surface area contributed by atoms with Gasteiger partial charge in [0.15, 0.2) is 5.78 Å². The molecule has 0 aromatic carbocycles. The number of aromatic nitrogens is 2. The second kappa shape index (κ2) is 5.98. The van der Waals surface area contributed by atoms with E-state index in [0.717, 1.165) is 0 Å². The highest BCUT2D eigenvalue weighted by Crippen LogP contribution is 2.15. The molecule has 0 N–H and O–H groups in total. The molecule has 16 heavy (non-hydrogen) atoms. The Kier molecular flexibility index (Phi) is 4.92. The average molecular weight is 246 g/mol. The molecule has 6 heteroatoms. The van der Waals surface area contributed by atoms with Crippen molar-refractivity contribution in [2.75, 3.05) is 34.4 Å². The molecular formula is C10H16ClN3O2. The van der Waals surface area contributed by atoms with Gasteiger partial charge in [-0.2, -0.15) is 5.10 Å². The molecule has 0 bridgehead atoms. The Morgan fingerprint density at radius 2 is 2.31 bits per heavy atom. The smallest absolute Gasteiger partial charge is 0.196 e. The fraction of sp³-hybridized carbons (Fsp3) is 0.600. The van der Waals surface area contributed by atoms with E-state index in [0.29, 0.717) is 30.4 Å². The molecular weight excluding hydrogens is 230 g/mol. The minimum absolute atomic E-state index is 0.0383. The van der Waals surface area contributed by atoms with E-state index < -0.39 is 0 Å². The molecule has 0 aliphatic rings. The van der Waals surface area contributed by atoms with Crippen LogP contribution in [0.3, 0.4) is 0 Å². The first-order valence-corrected chi connectivity index (χ1v) is 5.32. The number of methoxy groups -OCH3 is 1. The summed E-state index contributed by atoms with van der Waals surface area (Å²) in [7, 11) is 5.27. The molecule has 90 valence electrons. The van der Waals surface area contributed by atoms with E-state index in [4.69, 9.17) is 16.3 Å². The summed E-state index contributed by atoms with van der Waals surface area (Å²) in [5.74, 6) is -0.0383. The molecule has 0 fully saturated rings. The van der Waals surface area contributed by atoms with Gasteiger partial charge >= 0.3 is 0 Å². The molecule has 0 amide bonds. The lowest BCUT2D eigenvalue weighted by Gasteiger charge is -2.10. The van der Waals surface area contributed by atoms with Crippen molar-refractivity contribution in [3.63, 3.8) is 0 Å². The predicted molar refractivity (Wildman–Crippen MR) is 62.0 cm³/mol. The lowest BCUT2D eigenvalue weighted by Crippen LogP contribution is -2.25. The molecule has 0 aliphatic carbocycles. The largest absolute Gasteiger partial charge is 0.383 e. The lowest BCUT2D eigenvalue weighted by molar-refractivity contribution is 0.0944. The van der Waals surface area contributed by atoms with Gasteiger partial charge in [-0.1, -0.05) is 11.6 Å². The quantitative estimate of drug-likeness (QED) is 0.700. The number of ketones is 1. The predicted octanol–water partition coefficient (Wildman–Crippen LogP) is 0.927. The standard InChI is InChI=1S/C10H16ClN3O2/c1-13(2)7-9(15)10-8(11)6-12-14(10)4-5-16-3/h6H,4-5,7H2,1-3H3. The van der Waals surface area contributed by atoms with Gasteiger partial charge in [-0.25, -0.2) is 0 Å². The maximum absolute atomic E-state index is 11.9. The van der Waals surface area contributed by atoms with Crippen molar-refractivity contribution >= 4 is 17.4 Å². The number of likely N-dealkylation sites (N-methyl/N-ethyl adjacent to an activating group) is 1. The van der Waals surface area contributed by atoms with Crippen molar-refractivity contribution in [2.24, 2.45) is 0 Å². The van der Waals surface area contributed by atoms with Crippen molar-refractivity contribution in [1.29, 1.82) is 0 Å². The molecule has 0 radical (unpaired) electrons. The third kappa shape index (κ3) is 3.30. The first-order valence-electron chi connectivity index (χ1n) is 4.94. The minimum atomic E-state index is -0.0383. The Morgan fingerprint density at radius 1 is 1.62 bits per heavy atom. The fourth-order valence-corrected chi connectivity index (χ4v) is 1.60. The van der Waals surface area contributed by atoms with Gasteiger partial charge in [0.1, 0.15) is 5.69 Å². The number of carbonyl (C=O) groups is 1. The third-order valence-corrected chi connectivity index (χ3v) is 2.30. The molecule has 1 aromatic rings. The number of hydrogen-bond acceptors (Lipinski definition) is 4. The highest BCUT2D eigenvalue weighted by molar-refractivity contribution is 6.33. The van der Waals surface area contributed by atoms with Crippen molar-refractivity contribution < 1.29 is 9.53 Å². The summed E-state index contributed by atoms with van der Waals surface area (Å²) in [6.45, 7) is 1.34. The van der Waals surface area contributed by atoms with Crippen LogP contribution in [0, 0.1) is 0 Å². The summed E-state index contributed by atoms with van der Waals surface area (Å²) in [4.78, 5) is 13.7. The van der Waals surface area contributed by atoms with Crippen LogP contribution in [0.25, 0.3) is 0 Å². The van der Waals surface area contributed by atoms with Crippen LogP contribution in [0.4, 0.5) is 0 Å². The molecule has 1 rings (SSSR count). The molecule has 1 aromatic heterocycles. The van der Waals surface area contributed by atoms with Gasteiger partial charge in [-0.15, -0.1) is 0 Å². The number of hydrogen-bond donors (Lipinski definition) is 0. The zero-order valence-corrected chi connectivity index (χ0v) is 10.5. The molecule has 0 unspecified atom stereocenters. The molecule has 5 nitrogen and oxygen atoms in total. The summed E-state index contributed by atoms with van der Waals surface area (Å²) >= 11 is 5.94. The fourth-order valence-electron chi connectivity index (χ4n) is 1.35. The van der Waals surface area contributed by atoms with Crippen molar-refractivity contribution in [3.05, 3.63) is 16.9 Å². The maximum atomic E-state index is 11.9. The Hall–Kier alpha value is -0.910. The van der Waals surface area contributed by atoms with Crippen LogP contribution in [-0.4, -0.2) is 54.8 Å². The summed E-state index contributed by atoms with van der Waals surface area (Å²) in [6.07, 6.45) is 1.49. The normalized spacial score (nSPS) is 11.1. The molecule has 0 saturated heterocycles. The van der Waals surface area contributed by atoms with Gasteiger partial charge < -0.3 is 9.64 Å². The van der Waals surface area contributed by atoms with Crippen LogP contribution >= 0.6 is 11.6 Å². The number of ether oxygens (including phenoxy) is 1. The Bertz CT molecular complexity index is 363. The van der Waals surface area contributed by atoms with Crippen LogP contribution < -0.4 is 0 Å². The summed E-state index contributed by atoms with van der Waals surface area (Å²) in [5, 5.41) is 4.44.